The zero-order chi connectivity index (χ0) is 23.7. The first-order chi connectivity index (χ1) is 14.9. The standard InChI is InChI=1S/C18H19F3N4O6S/c1-10-14(16(27)24-17(28)22-10)32(29,30)25-8-2-3-11(9-25)15(26)23-12-4-6-13(7-5-12)31-18(19,20)21/h4-7,11H,2-3,8-9H2,1H3,(H,23,26)(H2,22,24,27,28)/t11-/m0/s1. The second-order valence-corrected chi connectivity index (χ2v) is 9.00. The van der Waals surface area contributed by atoms with E-state index in [0.717, 1.165) is 16.4 Å². The minimum atomic E-state index is -4.84. The van der Waals surface area contributed by atoms with Crippen LogP contribution in [0.15, 0.2) is 38.8 Å². The predicted octanol–water partition coefficient (Wildman–Crippen LogP) is 1.31. The molecule has 1 saturated heterocycles. The van der Waals surface area contributed by atoms with Gasteiger partial charge in [-0.15, -0.1) is 13.2 Å². The van der Waals surface area contributed by atoms with E-state index in [2.05, 4.69) is 15.0 Å². The maximum Gasteiger partial charge on any atom is 0.573 e. The summed E-state index contributed by atoms with van der Waals surface area (Å²) in [6, 6.07) is 4.51. The van der Waals surface area contributed by atoms with Crippen LogP contribution >= 0.6 is 0 Å². The average molecular weight is 476 g/mol. The van der Waals surface area contributed by atoms with E-state index in [9.17, 15) is 36.0 Å². The summed E-state index contributed by atoms with van der Waals surface area (Å²) < 4.78 is 67.4. The van der Waals surface area contributed by atoms with Gasteiger partial charge in [-0.3, -0.25) is 14.6 Å². The lowest BCUT2D eigenvalue weighted by molar-refractivity contribution is -0.274. The monoisotopic (exact) mass is 476 g/mol. The number of rotatable bonds is 5. The number of nitrogens with zero attached hydrogens (tertiary/aromatic N) is 1. The van der Waals surface area contributed by atoms with Gasteiger partial charge in [0, 0.05) is 24.5 Å². The first-order valence-corrected chi connectivity index (χ1v) is 10.8. The van der Waals surface area contributed by atoms with E-state index in [1.807, 2.05) is 4.98 Å². The molecule has 1 aliphatic rings. The lowest BCUT2D eigenvalue weighted by Gasteiger charge is -2.31. The van der Waals surface area contributed by atoms with Gasteiger partial charge in [-0.2, -0.15) is 4.31 Å². The molecule has 0 unspecified atom stereocenters. The molecule has 14 heteroatoms. The smallest absolute Gasteiger partial charge is 0.406 e. The van der Waals surface area contributed by atoms with Crippen LogP contribution in [0.5, 0.6) is 5.75 Å². The molecule has 10 nitrogen and oxygen atoms in total. The molecule has 0 saturated carbocycles. The lowest BCUT2D eigenvalue weighted by Crippen LogP contribution is -2.45. The summed E-state index contributed by atoms with van der Waals surface area (Å²) in [6.45, 7) is 1.15. The van der Waals surface area contributed by atoms with E-state index in [1.165, 1.54) is 19.1 Å². The van der Waals surface area contributed by atoms with Crippen LogP contribution in [-0.4, -0.2) is 48.1 Å². The fourth-order valence-corrected chi connectivity index (χ4v) is 5.11. The number of ether oxygens (including phenoxy) is 1. The number of carbonyl (C=O) groups excluding carboxylic acids is 1. The summed E-state index contributed by atoms with van der Waals surface area (Å²) in [6.07, 6.45) is -4.13. The third-order valence-corrected chi connectivity index (χ3v) is 6.80. The lowest BCUT2D eigenvalue weighted by atomic mass is 9.99. The third kappa shape index (κ3) is 5.37. The molecule has 1 amide bonds. The molecule has 32 heavy (non-hydrogen) atoms. The molecular weight excluding hydrogens is 457 g/mol. The minimum Gasteiger partial charge on any atom is -0.406 e. The molecule has 2 heterocycles. The highest BCUT2D eigenvalue weighted by Crippen LogP contribution is 2.26. The van der Waals surface area contributed by atoms with Gasteiger partial charge in [0.2, 0.25) is 15.9 Å². The maximum absolute atomic E-state index is 13.0. The molecule has 174 valence electrons. The number of benzene rings is 1. The molecule has 1 atom stereocenters. The number of aryl methyl sites for hydroxylation is 1. The quantitative estimate of drug-likeness (QED) is 0.594. The maximum atomic E-state index is 13.0. The number of hydrogen-bond donors (Lipinski definition) is 3. The molecule has 0 radical (unpaired) electrons. The van der Waals surface area contributed by atoms with E-state index in [0.29, 0.717) is 12.8 Å². The second-order valence-electron chi connectivity index (χ2n) is 7.13. The Hall–Kier alpha value is -3.13. The highest BCUT2D eigenvalue weighted by atomic mass is 32.2. The topological polar surface area (TPSA) is 141 Å². The van der Waals surface area contributed by atoms with Crippen molar-refractivity contribution in [3.63, 3.8) is 0 Å². The average Bonchev–Trinajstić information content (AvgIpc) is 2.67. The van der Waals surface area contributed by atoms with Crippen molar-refractivity contribution in [2.75, 3.05) is 18.4 Å². The van der Waals surface area contributed by atoms with E-state index in [4.69, 9.17) is 0 Å². The van der Waals surface area contributed by atoms with Crippen LogP contribution in [0.4, 0.5) is 18.9 Å². The summed E-state index contributed by atoms with van der Waals surface area (Å²) in [7, 11) is -4.29. The van der Waals surface area contributed by atoms with Crippen molar-refractivity contribution in [1.29, 1.82) is 0 Å². The Morgan fingerprint density at radius 3 is 2.44 bits per heavy atom. The van der Waals surface area contributed by atoms with Gasteiger partial charge >= 0.3 is 12.1 Å². The highest BCUT2D eigenvalue weighted by Gasteiger charge is 2.36. The molecule has 3 N–H and O–H groups in total. The number of sulfonamides is 1. The van der Waals surface area contributed by atoms with Gasteiger partial charge in [0.15, 0.2) is 4.90 Å². The Balaban J connectivity index is 1.72. The van der Waals surface area contributed by atoms with Crippen molar-refractivity contribution < 1.29 is 31.1 Å². The largest absolute Gasteiger partial charge is 0.573 e. The molecule has 0 aliphatic carbocycles. The van der Waals surface area contributed by atoms with Gasteiger partial charge in [0.1, 0.15) is 5.75 Å². The normalized spacial score (nSPS) is 17.7. The van der Waals surface area contributed by atoms with Crippen LogP contribution in [0.25, 0.3) is 0 Å². The van der Waals surface area contributed by atoms with Gasteiger partial charge < -0.3 is 15.0 Å². The number of hydrogen-bond acceptors (Lipinski definition) is 6. The molecule has 1 aliphatic heterocycles. The van der Waals surface area contributed by atoms with Gasteiger partial charge in [-0.05, 0) is 44.0 Å². The highest BCUT2D eigenvalue weighted by molar-refractivity contribution is 7.89. The van der Waals surface area contributed by atoms with Crippen molar-refractivity contribution >= 4 is 21.6 Å². The fraction of sp³-hybridized carbons (Fsp3) is 0.389. The summed E-state index contributed by atoms with van der Waals surface area (Å²) in [5.74, 6) is -1.74. The fourth-order valence-electron chi connectivity index (χ4n) is 3.39. The van der Waals surface area contributed by atoms with Crippen molar-refractivity contribution in [1.82, 2.24) is 14.3 Å². The molecule has 1 aromatic heterocycles. The van der Waals surface area contributed by atoms with Gasteiger partial charge in [0.25, 0.3) is 5.56 Å². The molecule has 0 spiro atoms. The van der Waals surface area contributed by atoms with Crippen LogP contribution in [0.2, 0.25) is 0 Å². The Morgan fingerprint density at radius 1 is 1.19 bits per heavy atom. The van der Waals surface area contributed by atoms with E-state index in [-0.39, 0.29) is 24.5 Å². The van der Waals surface area contributed by atoms with Crippen LogP contribution in [0.3, 0.4) is 0 Å². The van der Waals surface area contributed by atoms with Crippen molar-refractivity contribution in [2.45, 2.75) is 31.0 Å². The SMILES string of the molecule is Cc1[nH]c(=O)[nH]c(=O)c1S(=O)(=O)N1CCC[C@H](C(=O)Nc2ccc(OC(F)(F)F)cc2)C1. The second kappa shape index (κ2) is 8.78. The molecular formula is C18H19F3N4O6S. The van der Waals surface area contributed by atoms with Crippen molar-refractivity contribution in [2.24, 2.45) is 5.92 Å². The summed E-state index contributed by atoms with van der Waals surface area (Å²) in [5, 5.41) is 2.53. The Morgan fingerprint density at radius 2 is 1.84 bits per heavy atom. The number of aromatic nitrogens is 2. The number of carbonyl (C=O) groups is 1. The Labute approximate surface area is 179 Å². The predicted molar refractivity (Wildman–Crippen MR) is 106 cm³/mol. The molecule has 1 fully saturated rings. The zero-order valence-corrected chi connectivity index (χ0v) is 17.5. The van der Waals surface area contributed by atoms with Gasteiger partial charge in [0.05, 0.1) is 5.92 Å². The first kappa shape index (κ1) is 23.5. The third-order valence-electron chi connectivity index (χ3n) is 4.78. The number of H-pyrrole nitrogens is 2. The Bertz CT molecular complexity index is 1220. The first-order valence-electron chi connectivity index (χ1n) is 9.37. The zero-order valence-electron chi connectivity index (χ0n) is 16.7. The number of amides is 1. The van der Waals surface area contributed by atoms with E-state index >= 15 is 0 Å². The molecule has 0 bridgehead atoms. The van der Waals surface area contributed by atoms with Crippen LogP contribution in [0, 0.1) is 12.8 Å². The number of alkyl halides is 3. The number of piperidine rings is 1. The summed E-state index contributed by atoms with van der Waals surface area (Å²) in [4.78, 5) is 39.5. The number of anilines is 1. The van der Waals surface area contributed by atoms with Crippen molar-refractivity contribution in [3.05, 3.63) is 50.8 Å². The van der Waals surface area contributed by atoms with Crippen LogP contribution in [0.1, 0.15) is 18.5 Å². The summed E-state index contributed by atoms with van der Waals surface area (Å²) >= 11 is 0. The van der Waals surface area contributed by atoms with E-state index < -0.39 is 50.1 Å². The number of aromatic amines is 2. The van der Waals surface area contributed by atoms with Gasteiger partial charge in [-0.25, -0.2) is 13.2 Å². The molecule has 1 aromatic carbocycles. The molecule has 2 aromatic rings. The van der Waals surface area contributed by atoms with E-state index in [1.54, 1.807) is 0 Å². The van der Waals surface area contributed by atoms with Crippen LogP contribution in [-0.2, 0) is 14.8 Å². The Kier molecular flexibility index (Phi) is 6.46. The number of halogens is 3. The van der Waals surface area contributed by atoms with Crippen LogP contribution < -0.4 is 21.3 Å². The summed E-state index contributed by atoms with van der Waals surface area (Å²) in [5.41, 5.74) is -1.81. The molecule has 3 rings (SSSR count). The van der Waals surface area contributed by atoms with Crippen molar-refractivity contribution in [3.8, 4) is 5.75 Å². The minimum absolute atomic E-state index is 0.0770. The number of nitrogens with one attached hydrogen (secondary N) is 3. The van der Waals surface area contributed by atoms with Gasteiger partial charge in [-0.1, -0.05) is 0 Å².